The van der Waals surface area contributed by atoms with Crippen LogP contribution in [0.25, 0.3) is 0 Å². The molecule has 0 aliphatic carbocycles. The number of ether oxygens (including phenoxy) is 1. The monoisotopic (exact) mass is 480 g/mol. The fourth-order valence-electron chi connectivity index (χ4n) is 4.09. The zero-order valence-electron chi connectivity index (χ0n) is 21.3. The first-order valence-corrected chi connectivity index (χ1v) is 12.5. The van der Waals surface area contributed by atoms with Crippen LogP contribution in [0.15, 0.2) is 59.9 Å². The average molecular weight is 481 g/mol. The van der Waals surface area contributed by atoms with Crippen LogP contribution in [-0.2, 0) is 26.3 Å². The van der Waals surface area contributed by atoms with Crippen LogP contribution in [-0.4, -0.2) is 29.8 Å². The molecule has 0 amide bonds. The van der Waals surface area contributed by atoms with Crippen molar-refractivity contribution in [3.8, 4) is 0 Å². The molecular weight excluding hydrogens is 443 g/mol. The largest absolute Gasteiger partial charge is 0.453 e. The SMILES string of the molecule is CCCCCCCN(Cc1ccc(C(C)(C)C)cc1)/C(Nc1ccc(F)cc1)=C1/C(=O)COC1=O. The Balaban J connectivity index is 1.94. The lowest BCUT2D eigenvalue weighted by atomic mass is 9.87. The maximum absolute atomic E-state index is 13.5. The van der Waals surface area contributed by atoms with Crippen molar-refractivity contribution >= 4 is 17.4 Å². The van der Waals surface area contributed by atoms with E-state index in [-0.39, 0.29) is 29.2 Å². The molecule has 1 saturated heterocycles. The number of nitrogens with zero attached hydrogens (tertiary/aromatic N) is 1. The zero-order chi connectivity index (χ0) is 25.4. The highest BCUT2D eigenvalue weighted by Gasteiger charge is 2.34. The van der Waals surface area contributed by atoms with Crippen LogP contribution in [0, 0.1) is 5.82 Å². The Kier molecular flexibility index (Phi) is 9.07. The van der Waals surface area contributed by atoms with Crippen LogP contribution in [0.4, 0.5) is 10.1 Å². The minimum atomic E-state index is -0.626. The van der Waals surface area contributed by atoms with Gasteiger partial charge in [-0.2, -0.15) is 0 Å². The molecule has 35 heavy (non-hydrogen) atoms. The van der Waals surface area contributed by atoms with Crippen molar-refractivity contribution < 1.29 is 18.7 Å². The molecule has 5 nitrogen and oxygen atoms in total. The van der Waals surface area contributed by atoms with E-state index in [1.807, 2.05) is 4.90 Å². The Morgan fingerprint density at radius 2 is 1.63 bits per heavy atom. The number of unbranched alkanes of at least 4 members (excludes halogenated alkanes) is 4. The van der Waals surface area contributed by atoms with Crippen molar-refractivity contribution in [2.24, 2.45) is 0 Å². The number of nitrogens with one attached hydrogen (secondary N) is 1. The number of anilines is 1. The minimum absolute atomic E-state index is 0.0224. The smallest absolute Gasteiger partial charge is 0.346 e. The molecule has 1 aliphatic heterocycles. The molecule has 0 aromatic heterocycles. The summed E-state index contributed by atoms with van der Waals surface area (Å²) in [6.45, 7) is 9.64. The van der Waals surface area contributed by atoms with Gasteiger partial charge in [-0.25, -0.2) is 9.18 Å². The van der Waals surface area contributed by atoms with E-state index in [9.17, 15) is 14.0 Å². The number of carbonyl (C=O) groups is 2. The van der Waals surface area contributed by atoms with Gasteiger partial charge in [0, 0.05) is 18.8 Å². The summed E-state index contributed by atoms with van der Waals surface area (Å²) < 4.78 is 18.6. The first-order chi connectivity index (χ1) is 16.7. The second-order valence-electron chi connectivity index (χ2n) is 10.1. The van der Waals surface area contributed by atoms with E-state index in [4.69, 9.17) is 4.74 Å². The van der Waals surface area contributed by atoms with Crippen LogP contribution >= 0.6 is 0 Å². The molecule has 6 heteroatoms. The predicted octanol–water partition coefficient (Wildman–Crippen LogP) is 6.35. The van der Waals surface area contributed by atoms with Crippen LogP contribution in [0.2, 0.25) is 0 Å². The number of ketones is 1. The Morgan fingerprint density at radius 3 is 2.20 bits per heavy atom. The number of hydrogen-bond donors (Lipinski definition) is 1. The van der Waals surface area contributed by atoms with Gasteiger partial charge in [-0.15, -0.1) is 0 Å². The molecule has 1 heterocycles. The van der Waals surface area contributed by atoms with Crippen LogP contribution < -0.4 is 5.32 Å². The Hall–Kier alpha value is -3.15. The number of carbonyl (C=O) groups excluding carboxylic acids is 2. The van der Waals surface area contributed by atoms with E-state index < -0.39 is 5.97 Å². The molecule has 0 atom stereocenters. The number of rotatable bonds is 11. The Morgan fingerprint density at radius 1 is 0.971 bits per heavy atom. The van der Waals surface area contributed by atoms with Gasteiger partial charge in [-0.05, 0) is 47.2 Å². The van der Waals surface area contributed by atoms with Crippen molar-refractivity contribution in [3.05, 3.63) is 76.9 Å². The summed E-state index contributed by atoms with van der Waals surface area (Å²) in [6, 6.07) is 14.3. The van der Waals surface area contributed by atoms with Crippen LogP contribution in [0.5, 0.6) is 0 Å². The number of esters is 1. The van der Waals surface area contributed by atoms with Crippen molar-refractivity contribution in [3.63, 3.8) is 0 Å². The second kappa shape index (κ2) is 12.0. The minimum Gasteiger partial charge on any atom is -0.453 e. The van der Waals surface area contributed by atoms with Crippen molar-refractivity contribution in [1.82, 2.24) is 4.90 Å². The molecule has 2 aromatic carbocycles. The lowest BCUT2D eigenvalue weighted by Gasteiger charge is -2.30. The van der Waals surface area contributed by atoms with Gasteiger partial charge >= 0.3 is 5.97 Å². The third kappa shape index (κ3) is 7.41. The van der Waals surface area contributed by atoms with Gasteiger partial charge in [0.15, 0.2) is 6.61 Å². The normalized spacial score (nSPS) is 15.2. The summed E-state index contributed by atoms with van der Waals surface area (Å²) in [5.74, 6) is -0.912. The maximum atomic E-state index is 13.5. The number of halogens is 1. The van der Waals surface area contributed by atoms with E-state index in [1.165, 1.54) is 24.1 Å². The summed E-state index contributed by atoms with van der Waals surface area (Å²) >= 11 is 0. The van der Waals surface area contributed by atoms with Gasteiger partial charge in [0.2, 0.25) is 5.78 Å². The first kappa shape index (κ1) is 26.5. The van der Waals surface area contributed by atoms with Crippen LogP contribution in [0.1, 0.15) is 70.9 Å². The average Bonchev–Trinajstić information content (AvgIpc) is 3.15. The summed E-state index contributed by atoms with van der Waals surface area (Å²) in [7, 11) is 0. The molecule has 0 radical (unpaired) electrons. The molecule has 0 bridgehead atoms. The molecule has 1 fully saturated rings. The molecule has 0 spiro atoms. The number of cyclic esters (lactones) is 1. The van der Waals surface area contributed by atoms with E-state index in [1.54, 1.807) is 12.1 Å². The van der Waals surface area contributed by atoms with E-state index in [0.29, 0.717) is 24.6 Å². The molecule has 3 rings (SSSR count). The highest BCUT2D eigenvalue weighted by molar-refractivity contribution is 6.22. The topological polar surface area (TPSA) is 58.6 Å². The highest BCUT2D eigenvalue weighted by Crippen LogP contribution is 2.26. The van der Waals surface area contributed by atoms with Crippen molar-refractivity contribution in [2.75, 3.05) is 18.5 Å². The molecule has 0 unspecified atom stereocenters. The molecular formula is C29H37FN2O3. The molecule has 188 valence electrons. The highest BCUT2D eigenvalue weighted by atomic mass is 19.1. The van der Waals surface area contributed by atoms with Gasteiger partial charge in [-0.1, -0.05) is 77.6 Å². The van der Waals surface area contributed by atoms with Gasteiger partial charge in [-0.3, -0.25) is 4.79 Å². The van der Waals surface area contributed by atoms with Gasteiger partial charge < -0.3 is 15.0 Å². The first-order valence-electron chi connectivity index (χ1n) is 12.5. The van der Waals surface area contributed by atoms with Crippen molar-refractivity contribution in [2.45, 2.75) is 71.8 Å². The lowest BCUT2D eigenvalue weighted by Crippen LogP contribution is -2.31. The quantitative estimate of drug-likeness (QED) is 0.176. The predicted molar refractivity (Wildman–Crippen MR) is 137 cm³/mol. The molecule has 0 saturated carbocycles. The Bertz CT molecular complexity index is 1020. The third-order valence-corrected chi connectivity index (χ3v) is 6.20. The van der Waals surface area contributed by atoms with E-state index in [2.05, 4.69) is 57.3 Å². The second-order valence-corrected chi connectivity index (χ2v) is 10.1. The summed E-state index contributed by atoms with van der Waals surface area (Å²) in [5, 5.41) is 3.23. The Labute approximate surface area is 208 Å². The van der Waals surface area contributed by atoms with Crippen molar-refractivity contribution in [1.29, 1.82) is 0 Å². The standard InChI is InChI=1S/C29H37FN2O3/c1-5-6-7-8-9-18-32(19-21-10-12-22(13-11-21)29(2,3)4)27(26-25(33)20-35-28(26)34)31-24-16-14-23(30)15-17-24/h10-17,31H,5-9,18-20H2,1-4H3/b27-26-. The zero-order valence-corrected chi connectivity index (χ0v) is 21.3. The maximum Gasteiger partial charge on any atom is 0.346 e. The van der Waals surface area contributed by atoms with Crippen LogP contribution in [0.3, 0.4) is 0 Å². The summed E-state index contributed by atoms with van der Waals surface area (Å²) in [5.41, 5.74) is 2.98. The third-order valence-electron chi connectivity index (χ3n) is 6.20. The van der Waals surface area contributed by atoms with Gasteiger partial charge in [0.25, 0.3) is 0 Å². The van der Waals surface area contributed by atoms with Gasteiger partial charge in [0.05, 0.1) is 0 Å². The number of hydrogen-bond acceptors (Lipinski definition) is 5. The van der Waals surface area contributed by atoms with E-state index in [0.717, 1.165) is 31.2 Å². The number of Topliss-reactive ketones (excluding diaryl/α,β-unsaturated/α-hetero) is 1. The lowest BCUT2D eigenvalue weighted by molar-refractivity contribution is -0.135. The fourth-order valence-corrected chi connectivity index (χ4v) is 4.09. The fraction of sp³-hybridized carbons (Fsp3) is 0.448. The van der Waals surface area contributed by atoms with E-state index >= 15 is 0 Å². The molecule has 2 aromatic rings. The summed E-state index contributed by atoms with van der Waals surface area (Å²) in [4.78, 5) is 27.3. The summed E-state index contributed by atoms with van der Waals surface area (Å²) in [6.07, 6.45) is 5.46. The molecule has 1 aliphatic rings. The number of benzene rings is 2. The molecule has 1 N–H and O–H groups in total. The van der Waals surface area contributed by atoms with Gasteiger partial charge in [0.1, 0.15) is 17.2 Å².